The van der Waals surface area contributed by atoms with Crippen LogP contribution >= 0.6 is 33.3 Å². The molecule has 0 unspecified atom stereocenters. The number of amides is 1. The largest absolute Gasteiger partial charge is 0.456 e. The van der Waals surface area contributed by atoms with E-state index in [4.69, 9.17) is 4.74 Å². The molecule has 1 N–H and O–H groups in total. The van der Waals surface area contributed by atoms with E-state index in [1.54, 1.807) is 11.8 Å². The average Bonchev–Trinajstić information content (AvgIpc) is 3.11. The summed E-state index contributed by atoms with van der Waals surface area (Å²) in [5.74, 6) is 0.646. The molecule has 0 bridgehead atoms. The molecule has 1 amide bonds. The zero-order valence-corrected chi connectivity index (χ0v) is 16.2. The predicted molar refractivity (Wildman–Crippen MR) is 105 cm³/mol. The van der Waals surface area contributed by atoms with E-state index < -0.39 is 0 Å². The van der Waals surface area contributed by atoms with Crippen LogP contribution in [-0.2, 0) is 14.3 Å². The zero-order valence-electron chi connectivity index (χ0n) is 13.8. The van der Waals surface area contributed by atoms with Crippen LogP contribution in [0.5, 0.6) is 0 Å². The minimum atomic E-state index is -0.302. The zero-order chi connectivity index (χ0) is 17.2. The van der Waals surface area contributed by atoms with Crippen LogP contribution in [0.15, 0.2) is 29.2 Å². The van der Waals surface area contributed by atoms with Crippen molar-refractivity contribution in [1.82, 2.24) is 0 Å². The summed E-state index contributed by atoms with van der Waals surface area (Å²) in [6, 6.07) is 7.56. The van der Waals surface area contributed by atoms with E-state index in [-0.39, 0.29) is 18.5 Å². The molecule has 0 aromatic heterocycles. The molecular weight excluding hydrogens is 362 g/mol. The van der Waals surface area contributed by atoms with Crippen molar-refractivity contribution in [1.29, 1.82) is 0 Å². The Hall–Kier alpha value is -0.790. The summed E-state index contributed by atoms with van der Waals surface area (Å²) in [4.78, 5) is 24.6. The molecule has 1 aromatic rings. The van der Waals surface area contributed by atoms with Gasteiger partial charge in [-0.3, -0.25) is 9.59 Å². The fourth-order valence-corrected chi connectivity index (χ4v) is 5.94. The summed E-state index contributed by atoms with van der Waals surface area (Å²) in [6.45, 7) is -0.226. The first-order valence-corrected chi connectivity index (χ1v) is 11.7. The van der Waals surface area contributed by atoms with Crippen LogP contribution in [0, 0.1) is 0 Å². The molecule has 1 atom stereocenters. The Kier molecular flexibility index (Phi) is 8.91. The van der Waals surface area contributed by atoms with Gasteiger partial charge in [-0.15, -0.1) is 11.8 Å². The molecule has 24 heavy (non-hydrogen) atoms. The van der Waals surface area contributed by atoms with Gasteiger partial charge in [0.25, 0.3) is 5.91 Å². The Morgan fingerprint density at radius 2 is 2.17 bits per heavy atom. The van der Waals surface area contributed by atoms with Crippen LogP contribution in [0.2, 0.25) is 0 Å². The van der Waals surface area contributed by atoms with Gasteiger partial charge in [-0.25, -0.2) is 0 Å². The topological polar surface area (TPSA) is 55.4 Å². The third-order valence-corrected chi connectivity index (χ3v) is 7.43. The number of hydrogen-bond acceptors (Lipinski definition) is 6. The van der Waals surface area contributed by atoms with Crippen LogP contribution in [0.4, 0.5) is 5.69 Å². The van der Waals surface area contributed by atoms with Gasteiger partial charge in [-0.05, 0) is 37.7 Å². The molecule has 132 valence electrons. The van der Waals surface area contributed by atoms with Crippen molar-refractivity contribution in [2.24, 2.45) is 0 Å². The van der Waals surface area contributed by atoms with Crippen molar-refractivity contribution in [2.75, 3.05) is 23.9 Å². The summed E-state index contributed by atoms with van der Waals surface area (Å²) in [5.41, 5.74) is 0.748. The third kappa shape index (κ3) is 6.99. The lowest BCUT2D eigenvalue weighted by Crippen LogP contribution is -2.21. The number of nitrogens with one attached hydrogen (secondary N) is 1. The number of ether oxygens (including phenoxy) is 1. The number of para-hydroxylation sites is 1. The minimum absolute atomic E-state index is 0.226. The fourth-order valence-electron chi connectivity index (χ4n) is 2.36. The number of rotatable bonds is 9. The van der Waals surface area contributed by atoms with Gasteiger partial charge in [-0.1, -0.05) is 40.1 Å². The highest BCUT2D eigenvalue weighted by Gasteiger charge is 2.16. The standard InChI is InChI=1S/C17H23NO3S3/c1-22-15-8-4-3-7-14(15)18-16(19)12-21-17(20)9-5-2-6-13-10-11-23-24-13/h3-4,7-8,13H,2,5-6,9-12H2,1H3,(H,18,19)/t13-/m1/s1. The van der Waals surface area contributed by atoms with Crippen LogP contribution in [-0.4, -0.2) is 35.7 Å². The van der Waals surface area contributed by atoms with Crippen LogP contribution < -0.4 is 5.32 Å². The van der Waals surface area contributed by atoms with E-state index in [0.29, 0.717) is 6.42 Å². The molecule has 1 aromatic carbocycles. The second-order valence-electron chi connectivity index (χ2n) is 5.48. The first-order chi connectivity index (χ1) is 11.7. The van der Waals surface area contributed by atoms with Gasteiger partial charge >= 0.3 is 5.97 Å². The third-order valence-electron chi connectivity index (χ3n) is 3.63. The molecule has 0 saturated carbocycles. The van der Waals surface area contributed by atoms with Crippen LogP contribution in [0.3, 0.4) is 0 Å². The first kappa shape index (κ1) is 19.5. The molecule has 0 aliphatic carbocycles. The van der Waals surface area contributed by atoms with E-state index in [2.05, 4.69) is 5.32 Å². The lowest BCUT2D eigenvalue weighted by Gasteiger charge is -2.10. The smallest absolute Gasteiger partial charge is 0.306 e. The molecular formula is C17H23NO3S3. The molecule has 0 radical (unpaired) electrons. The molecule has 2 rings (SSSR count). The SMILES string of the molecule is CSc1ccccc1NC(=O)COC(=O)CCCC[C@@H]1CCSS1. The maximum absolute atomic E-state index is 11.9. The fraction of sp³-hybridized carbons (Fsp3) is 0.529. The van der Waals surface area contributed by atoms with Crippen molar-refractivity contribution in [3.63, 3.8) is 0 Å². The van der Waals surface area contributed by atoms with E-state index in [1.165, 1.54) is 12.2 Å². The highest BCUT2D eigenvalue weighted by molar-refractivity contribution is 8.77. The molecule has 1 aliphatic rings. The van der Waals surface area contributed by atoms with Crippen molar-refractivity contribution in [3.8, 4) is 0 Å². The summed E-state index contributed by atoms with van der Waals surface area (Å²) in [5, 5.41) is 3.52. The summed E-state index contributed by atoms with van der Waals surface area (Å²) >= 11 is 1.56. The van der Waals surface area contributed by atoms with E-state index in [0.717, 1.165) is 35.1 Å². The Morgan fingerprint density at radius 3 is 2.92 bits per heavy atom. The second kappa shape index (κ2) is 10.9. The average molecular weight is 386 g/mol. The number of unbranched alkanes of at least 4 members (excludes halogenated alkanes) is 1. The lowest BCUT2D eigenvalue weighted by atomic mass is 10.1. The maximum Gasteiger partial charge on any atom is 0.306 e. The normalized spacial score (nSPS) is 16.8. The van der Waals surface area contributed by atoms with Gasteiger partial charge in [0, 0.05) is 22.3 Å². The van der Waals surface area contributed by atoms with Crippen LogP contribution in [0.1, 0.15) is 32.1 Å². The quantitative estimate of drug-likeness (QED) is 0.290. The van der Waals surface area contributed by atoms with Crippen molar-refractivity contribution in [2.45, 2.75) is 42.2 Å². The summed E-state index contributed by atoms with van der Waals surface area (Å²) in [7, 11) is 3.91. The second-order valence-corrected chi connectivity index (χ2v) is 9.12. The first-order valence-electron chi connectivity index (χ1n) is 8.06. The number of thioether (sulfide) groups is 1. The Balaban J connectivity index is 1.59. The number of anilines is 1. The molecule has 1 saturated heterocycles. The number of carbonyl (C=O) groups excluding carboxylic acids is 2. The highest BCUT2D eigenvalue weighted by Crippen LogP contribution is 2.39. The number of esters is 1. The molecule has 1 aliphatic heterocycles. The molecule has 4 nitrogen and oxygen atoms in total. The lowest BCUT2D eigenvalue weighted by molar-refractivity contribution is -0.147. The number of carbonyl (C=O) groups is 2. The molecule has 0 spiro atoms. The number of hydrogen-bond donors (Lipinski definition) is 1. The monoisotopic (exact) mass is 385 g/mol. The van der Waals surface area contributed by atoms with Gasteiger partial charge in [0.1, 0.15) is 0 Å². The summed E-state index contributed by atoms with van der Waals surface area (Å²) < 4.78 is 5.05. The number of benzene rings is 1. The minimum Gasteiger partial charge on any atom is -0.456 e. The van der Waals surface area contributed by atoms with Gasteiger partial charge in [0.2, 0.25) is 0 Å². The van der Waals surface area contributed by atoms with Gasteiger partial charge in [-0.2, -0.15) is 0 Å². The molecule has 1 fully saturated rings. The van der Waals surface area contributed by atoms with E-state index >= 15 is 0 Å². The van der Waals surface area contributed by atoms with Crippen molar-refractivity contribution < 1.29 is 14.3 Å². The summed E-state index contributed by atoms with van der Waals surface area (Å²) in [6.07, 6.45) is 6.65. The van der Waals surface area contributed by atoms with E-state index in [1.807, 2.05) is 52.1 Å². The molecule has 1 heterocycles. The van der Waals surface area contributed by atoms with Crippen molar-refractivity contribution in [3.05, 3.63) is 24.3 Å². The van der Waals surface area contributed by atoms with E-state index in [9.17, 15) is 9.59 Å². The molecule has 7 heteroatoms. The van der Waals surface area contributed by atoms with Gasteiger partial charge in [0.15, 0.2) is 6.61 Å². The highest BCUT2D eigenvalue weighted by atomic mass is 33.1. The van der Waals surface area contributed by atoms with Crippen LogP contribution in [0.25, 0.3) is 0 Å². The Labute approximate surface area is 155 Å². The van der Waals surface area contributed by atoms with Crippen molar-refractivity contribution >= 4 is 50.9 Å². The Bertz CT molecular complexity index is 548. The Morgan fingerprint density at radius 1 is 1.33 bits per heavy atom. The van der Waals surface area contributed by atoms with Gasteiger partial charge in [0.05, 0.1) is 5.69 Å². The van der Waals surface area contributed by atoms with Gasteiger partial charge < -0.3 is 10.1 Å². The maximum atomic E-state index is 11.9. The predicted octanol–water partition coefficient (Wildman–Crippen LogP) is 4.60.